The zero-order valence-electron chi connectivity index (χ0n) is 13.6. The van der Waals surface area contributed by atoms with Gasteiger partial charge in [0.05, 0.1) is 6.54 Å². The van der Waals surface area contributed by atoms with Crippen molar-refractivity contribution in [2.24, 2.45) is 0 Å². The van der Waals surface area contributed by atoms with Crippen LogP contribution in [0.3, 0.4) is 0 Å². The van der Waals surface area contributed by atoms with Crippen molar-refractivity contribution < 1.29 is 9.15 Å². The van der Waals surface area contributed by atoms with Gasteiger partial charge >= 0.3 is 0 Å². The van der Waals surface area contributed by atoms with Crippen molar-refractivity contribution in [1.82, 2.24) is 5.32 Å². The number of hydrogen-bond acceptors (Lipinski definition) is 3. The fourth-order valence-corrected chi connectivity index (χ4v) is 2.44. The summed E-state index contributed by atoms with van der Waals surface area (Å²) in [7, 11) is 0. The number of nitrogens with one attached hydrogen (secondary N) is 1. The molecule has 2 rings (SSSR count). The summed E-state index contributed by atoms with van der Waals surface area (Å²) in [6, 6.07) is 8.72. The largest absolute Gasteiger partial charge is 0.485 e. The van der Waals surface area contributed by atoms with Crippen LogP contribution in [0.4, 0.5) is 0 Å². The third-order valence-corrected chi connectivity index (χ3v) is 3.37. The standard InChI is InChI=1S/C18H25NO2/c1-12(2)19-10-16-6-7-17(21-16)11-20-18-14(4)8-13(3)9-15(18)5/h6-9,12,19H,10-11H2,1-5H3. The highest BCUT2D eigenvalue weighted by atomic mass is 16.5. The normalized spacial score (nSPS) is 11.1. The monoisotopic (exact) mass is 287 g/mol. The molecule has 21 heavy (non-hydrogen) atoms. The molecular formula is C18H25NO2. The number of furan rings is 1. The average Bonchev–Trinajstić information content (AvgIpc) is 2.83. The molecule has 0 amide bonds. The minimum absolute atomic E-state index is 0.452. The molecule has 3 heteroatoms. The second-order valence-electron chi connectivity index (χ2n) is 5.92. The van der Waals surface area contributed by atoms with Gasteiger partial charge in [-0.05, 0) is 44.0 Å². The second kappa shape index (κ2) is 6.81. The molecule has 3 nitrogen and oxygen atoms in total. The van der Waals surface area contributed by atoms with E-state index in [9.17, 15) is 0 Å². The van der Waals surface area contributed by atoms with E-state index in [1.165, 1.54) is 16.7 Å². The SMILES string of the molecule is Cc1cc(C)c(OCc2ccc(CNC(C)C)o2)c(C)c1. The van der Waals surface area contributed by atoms with Crippen LogP contribution < -0.4 is 10.1 Å². The lowest BCUT2D eigenvalue weighted by Gasteiger charge is -2.12. The summed E-state index contributed by atoms with van der Waals surface area (Å²) >= 11 is 0. The first-order valence-corrected chi connectivity index (χ1v) is 7.47. The van der Waals surface area contributed by atoms with E-state index in [1.807, 2.05) is 12.1 Å². The van der Waals surface area contributed by atoms with Gasteiger partial charge < -0.3 is 14.5 Å². The fourth-order valence-electron chi connectivity index (χ4n) is 2.44. The molecule has 2 aromatic rings. The quantitative estimate of drug-likeness (QED) is 0.861. The van der Waals surface area contributed by atoms with Crippen LogP contribution in [0.5, 0.6) is 5.75 Å². The van der Waals surface area contributed by atoms with Gasteiger partial charge in [0.25, 0.3) is 0 Å². The molecule has 0 fully saturated rings. The van der Waals surface area contributed by atoms with Gasteiger partial charge in [-0.15, -0.1) is 0 Å². The number of aryl methyl sites for hydroxylation is 3. The molecule has 0 spiro atoms. The van der Waals surface area contributed by atoms with Gasteiger partial charge in [-0.3, -0.25) is 0 Å². The van der Waals surface area contributed by atoms with Crippen molar-refractivity contribution in [3.63, 3.8) is 0 Å². The Kier molecular flexibility index (Phi) is 5.07. The molecule has 0 atom stereocenters. The van der Waals surface area contributed by atoms with Gasteiger partial charge in [-0.25, -0.2) is 0 Å². The molecule has 0 saturated carbocycles. The molecule has 0 saturated heterocycles. The average molecular weight is 287 g/mol. The molecule has 0 aliphatic rings. The highest BCUT2D eigenvalue weighted by Gasteiger charge is 2.08. The van der Waals surface area contributed by atoms with Crippen LogP contribution >= 0.6 is 0 Å². The highest BCUT2D eigenvalue weighted by molar-refractivity contribution is 5.42. The predicted molar refractivity (Wildman–Crippen MR) is 85.7 cm³/mol. The van der Waals surface area contributed by atoms with E-state index in [4.69, 9.17) is 9.15 Å². The van der Waals surface area contributed by atoms with E-state index in [2.05, 4.69) is 52.1 Å². The summed E-state index contributed by atoms with van der Waals surface area (Å²) in [6.07, 6.45) is 0. The summed E-state index contributed by atoms with van der Waals surface area (Å²) in [5, 5.41) is 3.34. The van der Waals surface area contributed by atoms with E-state index in [0.717, 1.165) is 23.8 Å². The van der Waals surface area contributed by atoms with E-state index < -0.39 is 0 Å². The summed E-state index contributed by atoms with van der Waals surface area (Å²) in [5.41, 5.74) is 3.60. The predicted octanol–water partition coefficient (Wildman–Crippen LogP) is 4.28. The van der Waals surface area contributed by atoms with Crippen molar-refractivity contribution in [2.75, 3.05) is 0 Å². The Labute approximate surface area is 127 Å². The van der Waals surface area contributed by atoms with Crippen LogP contribution in [0.1, 0.15) is 42.1 Å². The molecule has 0 radical (unpaired) electrons. The molecule has 0 aliphatic carbocycles. The first kappa shape index (κ1) is 15.6. The van der Waals surface area contributed by atoms with E-state index in [1.54, 1.807) is 0 Å². The lowest BCUT2D eigenvalue weighted by molar-refractivity contribution is 0.261. The Morgan fingerprint density at radius 1 is 1.05 bits per heavy atom. The van der Waals surface area contributed by atoms with E-state index in [0.29, 0.717) is 12.6 Å². The minimum Gasteiger partial charge on any atom is -0.485 e. The molecule has 1 aromatic heterocycles. The maximum Gasteiger partial charge on any atom is 0.146 e. The summed E-state index contributed by atoms with van der Waals surface area (Å²) in [4.78, 5) is 0. The minimum atomic E-state index is 0.452. The second-order valence-corrected chi connectivity index (χ2v) is 5.92. The fraction of sp³-hybridized carbons (Fsp3) is 0.444. The Balaban J connectivity index is 1.97. The smallest absolute Gasteiger partial charge is 0.146 e. The number of hydrogen-bond donors (Lipinski definition) is 1. The maximum absolute atomic E-state index is 5.93. The van der Waals surface area contributed by atoms with E-state index >= 15 is 0 Å². The first-order chi connectivity index (χ1) is 9.95. The van der Waals surface area contributed by atoms with Gasteiger partial charge in [0, 0.05) is 6.04 Å². The topological polar surface area (TPSA) is 34.4 Å². The lowest BCUT2D eigenvalue weighted by atomic mass is 10.1. The molecule has 0 unspecified atom stereocenters. The number of ether oxygens (including phenoxy) is 1. The van der Waals surface area contributed by atoms with Crippen molar-refractivity contribution in [3.05, 3.63) is 52.5 Å². The first-order valence-electron chi connectivity index (χ1n) is 7.47. The highest BCUT2D eigenvalue weighted by Crippen LogP contribution is 2.25. The third-order valence-electron chi connectivity index (χ3n) is 3.37. The van der Waals surface area contributed by atoms with Crippen molar-refractivity contribution in [2.45, 2.75) is 53.8 Å². The van der Waals surface area contributed by atoms with Gasteiger partial charge in [-0.1, -0.05) is 31.5 Å². The summed E-state index contributed by atoms with van der Waals surface area (Å²) in [6.45, 7) is 11.7. The number of rotatable bonds is 6. The zero-order valence-corrected chi connectivity index (χ0v) is 13.6. The molecule has 0 bridgehead atoms. The van der Waals surface area contributed by atoms with E-state index in [-0.39, 0.29) is 0 Å². The van der Waals surface area contributed by atoms with Gasteiger partial charge in [-0.2, -0.15) is 0 Å². The maximum atomic E-state index is 5.93. The Morgan fingerprint density at radius 3 is 2.29 bits per heavy atom. The van der Waals surface area contributed by atoms with Crippen LogP contribution in [0.25, 0.3) is 0 Å². The molecule has 1 N–H and O–H groups in total. The Morgan fingerprint density at radius 2 is 1.67 bits per heavy atom. The molecule has 114 valence electrons. The van der Waals surface area contributed by atoms with Crippen LogP contribution in [0.2, 0.25) is 0 Å². The Bertz CT molecular complexity index is 576. The van der Waals surface area contributed by atoms with Crippen molar-refractivity contribution in [1.29, 1.82) is 0 Å². The van der Waals surface area contributed by atoms with Crippen LogP contribution in [0.15, 0.2) is 28.7 Å². The summed E-state index contributed by atoms with van der Waals surface area (Å²) < 4.78 is 11.7. The molecule has 1 aromatic carbocycles. The Hall–Kier alpha value is -1.74. The zero-order chi connectivity index (χ0) is 15.4. The van der Waals surface area contributed by atoms with Gasteiger partial charge in [0.1, 0.15) is 23.9 Å². The van der Waals surface area contributed by atoms with Crippen LogP contribution in [0, 0.1) is 20.8 Å². The van der Waals surface area contributed by atoms with Gasteiger partial charge in [0.2, 0.25) is 0 Å². The van der Waals surface area contributed by atoms with Crippen LogP contribution in [-0.2, 0) is 13.2 Å². The molecule has 0 aliphatic heterocycles. The van der Waals surface area contributed by atoms with Gasteiger partial charge in [0.15, 0.2) is 0 Å². The van der Waals surface area contributed by atoms with Crippen LogP contribution in [-0.4, -0.2) is 6.04 Å². The molecular weight excluding hydrogens is 262 g/mol. The van der Waals surface area contributed by atoms with Crippen molar-refractivity contribution in [3.8, 4) is 5.75 Å². The summed E-state index contributed by atoms with van der Waals surface area (Å²) in [5.74, 6) is 2.76. The third kappa shape index (κ3) is 4.36. The lowest BCUT2D eigenvalue weighted by Crippen LogP contribution is -2.21. The number of benzene rings is 1. The van der Waals surface area contributed by atoms with Crippen molar-refractivity contribution >= 4 is 0 Å². The molecule has 1 heterocycles.